The first-order valence-electron chi connectivity index (χ1n) is 7.08. The molecule has 1 atom stereocenters. The van der Waals surface area contributed by atoms with Gasteiger partial charge in [0.15, 0.2) is 0 Å². The Morgan fingerprint density at radius 1 is 1.22 bits per heavy atom. The molecule has 23 heavy (non-hydrogen) atoms. The van der Waals surface area contributed by atoms with Gasteiger partial charge in [0.2, 0.25) is 5.91 Å². The average Bonchev–Trinajstić information content (AvgIpc) is 2.75. The molecule has 2 aromatic carbocycles. The molecule has 0 aliphatic carbocycles. The van der Waals surface area contributed by atoms with E-state index in [0.29, 0.717) is 16.6 Å². The summed E-state index contributed by atoms with van der Waals surface area (Å²) in [4.78, 5) is 25.7. The maximum absolute atomic E-state index is 12.7. The lowest BCUT2D eigenvalue weighted by atomic mass is 10.1. The van der Waals surface area contributed by atoms with Crippen molar-refractivity contribution in [2.75, 3.05) is 4.90 Å². The van der Waals surface area contributed by atoms with E-state index in [2.05, 4.69) is 5.32 Å². The highest BCUT2D eigenvalue weighted by molar-refractivity contribution is 6.35. The van der Waals surface area contributed by atoms with Gasteiger partial charge in [-0.05, 0) is 23.8 Å². The Balaban J connectivity index is 1.96. The molecule has 0 fully saturated rings. The second-order valence-electron chi connectivity index (χ2n) is 5.35. The van der Waals surface area contributed by atoms with Crippen molar-refractivity contribution in [3.05, 3.63) is 63.6 Å². The van der Waals surface area contributed by atoms with Crippen LogP contribution in [0.15, 0.2) is 42.5 Å². The molecule has 1 aliphatic rings. The molecule has 0 radical (unpaired) electrons. The third-order valence-electron chi connectivity index (χ3n) is 3.74. The van der Waals surface area contributed by atoms with Gasteiger partial charge in [0.1, 0.15) is 6.04 Å². The molecule has 1 heterocycles. The number of anilines is 1. The molecule has 1 N–H and O–H groups in total. The summed E-state index contributed by atoms with van der Waals surface area (Å²) in [6.07, 6.45) is 0. The van der Waals surface area contributed by atoms with Crippen molar-refractivity contribution < 1.29 is 9.59 Å². The number of fused-ring (bicyclic) bond motifs is 1. The second kappa shape index (κ2) is 6.22. The smallest absolute Gasteiger partial charge is 0.254 e. The summed E-state index contributed by atoms with van der Waals surface area (Å²) >= 11 is 12.1. The van der Waals surface area contributed by atoms with Gasteiger partial charge >= 0.3 is 0 Å². The van der Waals surface area contributed by atoms with E-state index < -0.39 is 6.04 Å². The quantitative estimate of drug-likeness (QED) is 0.918. The zero-order chi connectivity index (χ0) is 16.6. The van der Waals surface area contributed by atoms with E-state index >= 15 is 0 Å². The van der Waals surface area contributed by atoms with Crippen LogP contribution in [0.4, 0.5) is 5.69 Å². The van der Waals surface area contributed by atoms with Crippen LogP contribution in [0.5, 0.6) is 0 Å². The Labute approximate surface area is 144 Å². The summed E-state index contributed by atoms with van der Waals surface area (Å²) in [5.41, 5.74) is 2.36. The fraction of sp³-hybridized carbons (Fsp3) is 0.176. The predicted octanol–water partition coefficient (Wildman–Crippen LogP) is 3.72. The Morgan fingerprint density at radius 2 is 1.96 bits per heavy atom. The van der Waals surface area contributed by atoms with Crippen LogP contribution in [0, 0.1) is 0 Å². The first kappa shape index (κ1) is 15.8. The molecule has 0 spiro atoms. The Kier molecular flexibility index (Phi) is 4.28. The number of nitrogens with zero attached hydrogens (tertiary/aromatic N) is 1. The van der Waals surface area contributed by atoms with Crippen molar-refractivity contribution in [1.29, 1.82) is 0 Å². The number of benzene rings is 2. The SMILES string of the molecule is CC(=O)NC1C(=O)N(Cc2ccc(Cl)cc2Cl)c2ccccc21. The van der Waals surface area contributed by atoms with E-state index in [1.54, 1.807) is 23.1 Å². The molecule has 0 aromatic heterocycles. The van der Waals surface area contributed by atoms with Crippen LogP contribution in [0.25, 0.3) is 0 Å². The van der Waals surface area contributed by atoms with Crippen molar-refractivity contribution >= 4 is 40.7 Å². The van der Waals surface area contributed by atoms with E-state index in [1.165, 1.54) is 6.92 Å². The number of amides is 2. The van der Waals surface area contributed by atoms with Crippen LogP contribution < -0.4 is 10.2 Å². The summed E-state index contributed by atoms with van der Waals surface area (Å²) < 4.78 is 0. The molecule has 0 saturated carbocycles. The zero-order valence-corrected chi connectivity index (χ0v) is 13.9. The highest BCUT2D eigenvalue weighted by Gasteiger charge is 2.37. The van der Waals surface area contributed by atoms with Crippen molar-refractivity contribution in [2.45, 2.75) is 19.5 Å². The van der Waals surface area contributed by atoms with Gasteiger partial charge in [-0.3, -0.25) is 9.59 Å². The van der Waals surface area contributed by atoms with Crippen LogP contribution in [0.2, 0.25) is 10.0 Å². The summed E-state index contributed by atoms with van der Waals surface area (Å²) in [5, 5.41) is 3.75. The first-order chi connectivity index (χ1) is 11.0. The van der Waals surface area contributed by atoms with Crippen LogP contribution in [-0.2, 0) is 16.1 Å². The van der Waals surface area contributed by atoms with Crippen LogP contribution >= 0.6 is 23.2 Å². The molecule has 3 rings (SSSR count). The molecule has 2 amide bonds. The maximum Gasteiger partial charge on any atom is 0.254 e. The molecular weight excluding hydrogens is 335 g/mol. The predicted molar refractivity (Wildman–Crippen MR) is 90.7 cm³/mol. The monoisotopic (exact) mass is 348 g/mol. The topological polar surface area (TPSA) is 49.4 Å². The molecule has 0 saturated heterocycles. The maximum atomic E-state index is 12.7. The lowest BCUT2D eigenvalue weighted by Crippen LogP contribution is -2.36. The minimum atomic E-state index is -0.658. The average molecular weight is 349 g/mol. The van der Waals surface area contributed by atoms with E-state index in [9.17, 15) is 9.59 Å². The second-order valence-corrected chi connectivity index (χ2v) is 6.20. The Bertz CT molecular complexity index is 792. The zero-order valence-electron chi connectivity index (χ0n) is 12.3. The first-order valence-corrected chi connectivity index (χ1v) is 7.84. The van der Waals surface area contributed by atoms with Crippen LogP contribution in [0.3, 0.4) is 0 Å². The standard InChI is InChI=1S/C17H14Cl2N2O2/c1-10(22)20-16-13-4-2-3-5-15(13)21(17(16)23)9-11-6-7-12(18)8-14(11)19/h2-8,16H,9H2,1H3,(H,20,22). The summed E-state index contributed by atoms with van der Waals surface area (Å²) in [7, 11) is 0. The van der Waals surface area contributed by atoms with Crippen molar-refractivity contribution in [3.8, 4) is 0 Å². The molecule has 1 aliphatic heterocycles. The molecular formula is C17H14Cl2N2O2. The number of carbonyl (C=O) groups is 2. The molecule has 2 aromatic rings. The third-order valence-corrected chi connectivity index (χ3v) is 4.33. The number of hydrogen-bond acceptors (Lipinski definition) is 2. The lowest BCUT2D eigenvalue weighted by molar-refractivity contribution is -0.126. The van der Waals surface area contributed by atoms with Crippen molar-refractivity contribution in [2.24, 2.45) is 0 Å². The molecule has 4 nitrogen and oxygen atoms in total. The number of rotatable bonds is 3. The van der Waals surface area contributed by atoms with E-state index in [0.717, 1.165) is 16.8 Å². The highest BCUT2D eigenvalue weighted by atomic mass is 35.5. The van der Waals surface area contributed by atoms with E-state index in [4.69, 9.17) is 23.2 Å². The molecule has 6 heteroatoms. The fourth-order valence-electron chi connectivity index (χ4n) is 2.71. The fourth-order valence-corrected chi connectivity index (χ4v) is 3.18. The number of halogens is 2. The van der Waals surface area contributed by atoms with Gasteiger partial charge in [0.05, 0.1) is 6.54 Å². The van der Waals surface area contributed by atoms with Gasteiger partial charge in [-0.2, -0.15) is 0 Å². The number of carbonyl (C=O) groups excluding carboxylic acids is 2. The largest absolute Gasteiger partial charge is 0.341 e. The normalized spacial score (nSPS) is 16.4. The van der Waals surface area contributed by atoms with Crippen molar-refractivity contribution in [1.82, 2.24) is 5.32 Å². The van der Waals surface area contributed by atoms with E-state index in [1.807, 2.05) is 24.3 Å². The van der Waals surface area contributed by atoms with Gasteiger partial charge in [0.25, 0.3) is 5.91 Å². The van der Waals surface area contributed by atoms with Gasteiger partial charge in [-0.25, -0.2) is 0 Å². The Hall–Kier alpha value is -2.04. The number of nitrogens with one attached hydrogen (secondary N) is 1. The van der Waals surface area contributed by atoms with Gasteiger partial charge in [-0.15, -0.1) is 0 Å². The van der Waals surface area contributed by atoms with Gasteiger partial charge in [-0.1, -0.05) is 47.5 Å². The van der Waals surface area contributed by atoms with Crippen molar-refractivity contribution in [3.63, 3.8) is 0 Å². The van der Waals surface area contributed by atoms with E-state index in [-0.39, 0.29) is 11.8 Å². The molecule has 0 bridgehead atoms. The Morgan fingerprint density at radius 3 is 2.65 bits per heavy atom. The van der Waals surface area contributed by atoms with Crippen LogP contribution in [-0.4, -0.2) is 11.8 Å². The third kappa shape index (κ3) is 3.05. The molecule has 1 unspecified atom stereocenters. The lowest BCUT2D eigenvalue weighted by Gasteiger charge is -2.19. The summed E-state index contributed by atoms with van der Waals surface area (Å²) in [6, 6.07) is 11.9. The minimum absolute atomic E-state index is 0.174. The van der Waals surface area contributed by atoms with Gasteiger partial charge in [0, 0.05) is 28.2 Å². The minimum Gasteiger partial charge on any atom is -0.341 e. The number of hydrogen-bond donors (Lipinski definition) is 1. The van der Waals surface area contributed by atoms with Gasteiger partial charge < -0.3 is 10.2 Å². The molecule has 118 valence electrons. The van der Waals surface area contributed by atoms with Crippen LogP contribution in [0.1, 0.15) is 24.1 Å². The highest BCUT2D eigenvalue weighted by Crippen LogP contribution is 2.37. The summed E-state index contributed by atoms with van der Waals surface area (Å²) in [5.74, 6) is -0.419. The number of para-hydroxylation sites is 1. The summed E-state index contributed by atoms with van der Waals surface area (Å²) in [6.45, 7) is 1.72.